The molecule has 0 saturated heterocycles. The van der Waals surface area contributed by atoms with Gasteiger partial charge in [-0.1, -0.05) is 17.7 Å². The lowest BCUT2D eigenvalue weighted by Gasteiger charge is -2.08. The molecule has 96 valence electrons. The van der Waals surface area contributed by atoms with Crippen molar-refractivity contribution in [1.29, 1.82) is 5.41 Å². The van der Waals surface area contributed by atoms with Crippen molar-refractivity contribution in [3.8, 4) is 5.69 Å². The van der Waals surface area contributed by atoms with Gasteiger partial charge in [-0.25, -0.2) is 14.3 Å². The molecule has 0 atom stereocenters. The van der Waals surface area contributed by atoms with Crippen LogP contribution in [0, 0.1) is 12.3 Å². The molecule has 0 aliphatic rings. The molecule has 0 spiro atoms. The fourth-order valence-corrected chi connectivity index (χ4v) is 2.12. The summed E-state index contributed by atoms with van der Waals surface area (Å²) >= 11 is 6.12. The summed E-state index contributed by atoms with van der Waals surface area (Å²) in [6, 6.07) is 5.58. The second-order valence-electron chi connectivity index (χ2n) is 4.18. The van der Waals surface area contributed by atoms with Crippen LogP contribution < -0.4 is 11.3 Å². The van der Waals surface area contributed by atoms with Gasteiger partial charge in [-0.3, -0.25) is 5.41 Å². The van der Waals surface area contributed by atoms with Crippen molar-refractivity contribution in [2.24, 2.45) is 0 Å². The highest BCUT2D eigenvalue weighted by Gasteiger charge is 2.11. The Morgan fingerprint density at radius 2 is 2.16 bits per heavy atom. The van der Waals surface area contributed by atoms with Crippen molar-refractivity contribution in [3.63, 3.8) is 0 Å². The molecule has 0 amide bonds. The maximum Gasteiger partial charge on any atom is 0.168 e. The molecule has 0 aliphatic heterocycles. The minimum Gasteiger partial charge on any atom is -0.336 e. The molecule has 1 aromatic carbocycles. The first-order chi connectivity index (χ1) is 9.09. The van der Waals surface area contributed by atoms with Gasteiger partial charge < -0.3 is 5.84 Å². The van der Waals surface area contributed by atoms with Crippen LogP contribution >= 0.6 is 11.6 Å². The highest BCUT2D eigenvalue weighted by atomic mass is 35.5. The van der Waals surface area contributed by atoms with E-state index in [9.17, 15) is 0 Å². The van der Waals surface area contributed by atoms with Gasteiger partial charge in [-0.15, -0.1) is 0 Å². The van der Waals surface area contributed by atoms with Gasteiger partial charge in [0.15, 0.2) is 11.1 Å². The molecule has 2 heterocycles. The maximum atomic E-state index is 7.88. The molecule has 0 unspecified atom stereocenters. The van der Waals surface area contributed by atoms with Crippen LogP contribution in [0.15, 0.2) is 30.7 Å². The van der Waals surface area contributed by atoms with E-state index in [1.165, 1.54) is 6.33 Å². The molecule has 2 aromatic heterocycles. The van der Waals surface area contributed by atoms with Crippen LogP contribution in [0.3, 0.4) is 0 Å². The van der Waals surface area contributed by atoms with Crippen molar-refractivity contribution in [1.82, 2.24) is 19.4 Å². The Labute approximate surface area is 113 Å². The third-order valence-electron chi connectivity index (χ3n) is 3.03. The molecular formula is C12H11ClN6. The van der Waals surface area contributed by atoms with E-state index >= 15 is 0 Å². The van der Waals surface area contributed by atoms with Crippen molar-refractivity contribution < 1.29 is 0 Å². The van der Waals surface area contributed by atoms with Gasteiger partial charge in [0.05, 0.1) is 17.3 Å². The van der Waals surface area contributed by atoms with Crippen molar-refractivity contribution in [2.45, 2.75) is 6.92 Å². The highest BCUT2D eigenvalue weighted by molar-refractivity contribution is 6.31. The standard InChI is InChI=1S/C12H11ClN6/c1-7-9(13)3-2-4-10(7)19-12-8(5-17-19)11(14)18(15)6-16-12/h2-6,14H,15H2,1H3. The monoisotopic (exact) mass is 274 g/mol. The number of nitrogen functional groups attached to an aromatic ring is 1. The minimum absolute atomic E-state index is 0.163. The van der Waals surface area contributed by atoms with Crippen molar-refractivity contribution in [2.75, 3.05) is 5.84 Å². The Balaban J connectivity index is 2.36. The SMILES string of the molecule is Cc1c(Cl)cccc1-n1ncc2c(=N)n(N)cnc21. The van der Waals surface area contributed by atoms with Gasteiger partial charge in [0.25, 0.3) is 0 Å². The third-order valence-corrected chi connectivity index (χ3v) is 3.44. The largest absolute Gasteiger partial charge is 0.336 e. The lowest BCUT2D eigenvalue weighted by Crippen LogP contribution is -2.27. The lowest BCUT2D eigenvalue weighted by atomic mass is 10.2. The van der Waals surface area contributed by atoms with E-state index in [2.05, 4.69) is 10.1 Å². The van der Waals surface area contributed by atoms with E-state index in [1.807, 2.05) is 25.1 Å². The zero-order valence-electron chi connectivity index (χ0n) is 10.1. The number of benzene rings is 1. The predicted molar refractivity (Wildman–Crippen MR) is 72.6 cm³/mol. The van der Waals surface area contributed by atoms with Gasteiger partial charge in [0, 0.05) is 5.02 Å². The molecule has 19 heavy (non-hydrogen) atoms. The molecule has 0 radical (unpaired) electrons. The number of hydrogen-bond acceptors (Lipinski definition) is 4. The van der Waals surface area contributed by atoms with Crippen molar-refractivity contribution >= 4 is 22.6 Å². The normalized spacial score (nSPS) is 11.1. The molecule has 0 saturated carbocycles. The van der Waals surface area contributed by atoms with Gasteiger partial charge in [-0.05, 0) is 24.6 Å². The number of halogens is 1. The fourth-order valence-electron chi connectivity index (χ4n) is 1.95. The van der Waals surface area contributed by atoms with Crippen LogP contribution in [0.25, 0.3) is 16.7 Å². The molecule has 7 heteroatoms. The van der Waals surface area contributed by atoms with Crippen LogP contribution in [0.4, 0.5) is 0 Å². The number of rotatable bonds is 1. The van der Waals surface area contributed by atoms with E-state index in [-0.39, 0.29) is 5.49 Å². The number of nitrogens with two attached hydrogens (primary N) is 1. The molecule has 6 nitrogen and oxygen atoms in total. The number of hydrogen-bond donors (Lipinski definition) is 2. The summed E-state index contributed by atoms with van der Waals surface area (Å²) in [4.78, 5) is 4.22. The molecule has 0 bridgehead atoms. The van der Waals surface area contributed by atoms with E-state index in [1.54, 1.807) is 10.9 Å². The van der Waals surface area contributed by atoms with Crippen LogP contribution in [-0.2, 0) is 0 Å². The maximum absolute atomic E-state index is 7.88. The summed E-state index contributed by atoms with van der Waals surface area (Å²) < 4.78 is 2.81. The molecule has 0 fully saturated rings. The highest BCUT2D eigenvalue weighted by Crippen LogP contribution is 2.23. The van der Waals surface area contributed by atoms with E-state index in [0.29, 0.717) is 16.1 Å². The Morgan fingerprint density at radius 3 is 2.95 bits per heavy atom. The van der Waals surface area contributed by atoms with E-state index < -0.39 is 0 Å². The number of nitrogens with one attached hydrogen (secondary N) is 1. The van der Waals surface area contributed by atoms with Gasteiger partial charge in [0.1, 0.15) is 6.33 Å². The van der Waals surface area contributed by atoms with Gasteiger partial charge in [-0.2, -0.15) is 5.10 Å². The smallest absolute Gasteiger partial charge is 0.168 e. The topological polar surface area (TPSA) is 85.5 Å². The van der Waals surface area contributed by atoms with E-state index in [4.69, 9.17) is 22.9 Å². The number of fused-ring (bicyclic) bond motifs is 1. The molecule has 3 aromatic rings. The fraction of sp³-hybridized carbons (Fsp3) is 0.0833. The predicted octanol–water partition coefficient (Wildman–Crippen LogP) is 1.38. The van der Waals surface area contributed by atoms with E-state index in [0.717, 1.165) is 15.9 Å². The van der Waals surface area contributed by atoms with Crippen LogP contribution in [0.5, 0.6) is 0 Å². The first-order valence-corrected chi connectivity index (χ1v) is 5.98. The lowest BCUT2D eigenvalue weighted by molar-refractivity contribution is 0.849. The summed E-state index contributed by atoms with van der Waals surface area (Å²) in [6.45, 7) is 1.92. The van der Waals surface area contributed by atoms with Crippen LogP contribution in [-0.4, -0.2) is 19.4 Å². The zero-order chi connectivity index (χ0) is 13.6. The Morgan fingerprint density at radius 1 is 1.37 bits per heavy atom. The number of nitrogens with zero attached hydrogens (tertiary/aromatic N) is 4. The molecular weight excluding hydrogens is 264 g/mol. The van der Waals surface area contributed by atoms with Crippen molar-refractivity contribution in [3.05, 3.63) is 46.8 Å². The second kappa shape index (κ2) is 4.10. The zero-order valence-corrected chi connectivity index (χ0v) is 10.9. The summed E-state index contributed by atoms with van der Waals surface area (Å²) in [5.41, 5.74) is 2.49. The molecule has 3 rings (SSSR count). The quantitative estimate of drug-likeness (QED) is 0.657. The minimum atomic E-state index is 0.163. The Bertz CT molecular complexity index is 832. The third kappa shape index (κ3) is 1.68. The van der Waals surface area contributed by atoms with Gasteiger partial charge >= 0.3 is 0 Å². The summed E-state index contributed by atoms with van der Waals surface area (Å²) in [6.07, 6.45) is 2.97. The first-order valence-electron chi connectivity index (χ1n) is 5.60. The average molecular weight is 275 g/mol. The Hall–Kier alpha value is -2.34. The average Bonchev–Trinajstić information content (AvgIpc) is 2.82. The summed E-state index contributed by atoms with van der Waals surface area (Å²) in [5, 5.41) is 13.4. The second-order valence-corrected chi connectivity index (χ2v) is 4.59. The number of aromatic nitrogens is 4. The molecule has 0 aliphatic carbocycles. The van der Waals surface area contributed by atoms with Gasteiger partial charge in [0.2, 0.25) is 0 Å². The molecule has 3 N–H and O–H groups in total. The summed E-state index contributed by atoms with van der Waals surface area (Å²) in [5.74, 6) is 5.60. The Kier molecular flexibility index (Phi) is 2.53. The van der Waals surface area contributed by atoms with Crippen LogP contribution in [0.1, 0.15) is 5.56 Å². The first kappa shape index (κ1) is 11.7. The van der Waals surface area contributed by atoms with Crippen LogP contribution in [0.2, 0.25) is 5.02 Å². The summed E-state index contributed by atoms with van der Waals surface area (Å²) in [7, 11) is 0.